The van der Waals surface area contributed by atoms with Gasteiger partial charge < -0.3 is 16.0 Å². The second-order valence-electron chi connectivity index (χ2n) is 5.55. The van der Waals surface area contributed by atoms with Crippen LogP contribution in [0.15, 0.2) is 59.8 Å². The monoisotopic (exact) mass is 343 g/mol. The molecule has 128 valence electrons. The molecule has 7 heteroatoms. The van der Waals surface area contributed by atoms with Crippen LogP contribution in [-0.4, -0.2) is 11.9 Å². The molecule has 3 amide bonds. The molecule has 2 aromatic rings. The van der Waals surface area contributed by atoms with Crippen molar-refractivity contribution < 1.29 is 18.4 Å². The molecule has 0 saturated carbocycles. The fourth-order valence-corrected chi connectivity index (χ4v) is 2.67. The van der Waals surface area contributed by atoms with E-state index in [9.17, 15) is 18.4 Å². The van der Waals surface area contributed by atoms with Gasteiger partial charge in [-0.3, -0.25) is 4.79 Å². The van der Waals surface area contributed by atoms with Gasteiger partial charge in [-0.2, -0.15) is 0 Å². The number of amides is 3. The summed E-state index contributed by atoms with van der Waals surface area (Å²) in [4.78, 5) is 24.5. The van der Waals surface area contributed by atoms with E-state index in [1.54, 1.807) is 13.0 Å². The molecule has 2 aromatic carbocycles. The SMILES string of the molecule is CC1=C(C(=O)Nc2ccc(F)cc2)[C@H](c2ccccc2F)NC(=O)N1. The Kier molecular flexibility index (Phi) is 4.47. The van der Waals surface area contributed by atoms with Gasteiger partial charge in [0.2, 0.25) is 0 Å². The number of rotatable bonds is 3. The van der Waals surface area contributed by atoms with Crippen molar-refractivity contribution in [2.45, 2.75) is 13.0 Å². The van der Waals surface area contributed by atoms with E-state index < -0.39 is 29.6 Å². The molecule has 0 radical (unpaired) electrons. The number of benzene rings is 2. The number of allylic oxidation sites excluding steroid dienone is 1. The minimum absolute atomic E-state index is 0.175. The van der Waals surface area contributed by atoms with Gasteiger partial charge in [0.15, 0.2) is 0 Å². The molecular weight excluding hydrogens is 328 g/mol. The quantitative estimate of drug-likeness (QED) is 0.801. The number of hydrogen-bond acceptors (Lipinski definition) is 2. The summed E-state index contributed by atoms with van der Waals surface area (Å²) in [7, 11) is 0. The van der Waals surface area contributed by atoms with Gasteiger partial charge in [0.25, 0.3) is 5.91 Å². The van der Waals surface area contributed by atoms with Gasteiger partial charge in [-0.25, -0.2) is 13.6 Å². The lowest BCUT2D eigenvalue weighted by molar-refractivity contribution is -0.113. The molecule has 3 rings (SSSR count). The molecule has 5 nitrogen and oxygen atoms in total. The van der Waals surface area contributed by atoms with Crippen LogP contribution in [0.3, 0.4) is 0 Å². The van der Waals surface area contributed by atoms with E-state index >= 15 is 0 Å². The Hall–Kier alpha value is -3.22. The minimum Gasteiger partial charge on any atom is -0.327 e. The predicted octanol–water partition coefficient (Wildman–Crippen LogP) is 3.23. The first-order valence-corrected chi connectivity index (χ1v) is 7.55. The lowest BCUT2D eigenvalue weighted by atomic mass is 9.94. The molecule has 0 aliphatic carbocycles. The van der Waals surface area contributed by atoms with Crippen LogP contribution in [0.2, 0.25) is 0 Å². The lowest BCUT2D eigenvalue weighted by Gasteiger charge is -2.28. The van der Waals surface area contributed by atoms with Crippen molar-refractivity contribution in [2.24, 2.45) is 0 Å². The largest absolute Gasteiger partial charge is 0.327 e. The summed E-state index contributed by atoms with van der Waals surface area (Å²) < 4.78 is 27.2. The van der Waals surface area contributed by atoms with Crippen LogP contribution < -0.4 is 16.0 Å². The number of carbonyl (C=O) groups excluding carboxylic acids is 2. The first-order valence-electron chi connectivity index (χ1n) is 7.55. The number of carbonyl (C=O) groups is 2. The van der Waals surface area contributed by atoms with Gasteiger partial charge in [-0.05, 0) is 37.3 Å². The van der Waals surface area contributed by atoms with Crippen LogP contribution >= 0.6 is 0 Å². The Bertz CT molecular complexity index is 863. The zero-order valence-corrected chi connectivity index (χ0v) is 13.3. The van der Waals surface area contributed by atoms with Crippen LogP contribution in [0.5, 0.6) is 0 Å². The van der Waals surface area contributed by atoms with E-state index in [0.29, 0.717) is 11.4 Å². The Morgan fingerprint density at radius 3 is 2.44 bits per heavy atom. The Morgan fingerprint density at radius 2 is 1.76 bits per heavy atom. The molecular formula is C18H15F2N3O2. The van der Waals surface area contributed by atoms with E-state index in [1.807, 2.05) is 0 Å². The lowest BCUT2D eigenvalue weighted by Crippen LogP contribution is -2.46. The third-order valence-electron chi connectivity index (χ3n) is 3.83. The number of urea groups is 1. The first kappa shape index (κ1) is 16.6. The van der Waals surface area contributed by atoms with E-state index in [2.05, 4.69) is 16.0 Å². The molecule has 0 bridgehead atoms. The highest BCUT2D eigenvalue weighted by atomic mass is 19.1. The van der Waals surface area contributed by atoms with Crippen LogP contribution in [0.1, 0.15) is 18.5 Å². The molecule has 3 N–H and O–H groups in total. The normalized spacial score (nSPS) is 16.9. The van der Waals surface area contributed by atoms with Gasteiger partial charge in [0.05, 0.1) is 11.6 Å². The van der Waals surface area contributed by atoms with Crippen LogP contribution in [0.25, 0.3) is 0 Å². The highest BCUT2D eigenvalue weighted by Gasteiger charge is 2.32. The molecule has 0 aromatic heterocycles. The maximum Gasteiger partial charge on any atom is 0.319 e. The fraction of sp³-hybridized carbons (Fsp3) is 0.111. The number of halogens is 2. The maximum absolute atomic E-state index is 14.2. The van der Waals surface area contributed by atoms with Crippen molar-refractivity contribution in [3.8, 4) is 0 Å². The summed E-state index contributed by atoms with van der Waals surface area (Å²) >= 11 is 0. The van der Waals surface area contributed by atoms with Crippen LogP contribution in [0, 0.1) is 11.6 Å². The predicted molar refractivity (Wildman–Crippen MR) is 88.5 cm³/mol. The third kappa shape index (κ3) is 3.50. The van der Waals surface area contributed by atoms with Crippen LogP contribution in [-0.2, 0) is 4.79 Å². The van der Waals surface area contributed by atoms with Gasteiger partial charge in [0.1, 0.15) is 11.6 Å². The number of nitrogens with one attached hydrogen (secondary N) is 3. The van der Waals surface area contributed by atoms with Crippen LogP contribution in [0.4, 0.5) is 19.3 Å². The zero-order chi connectivity index (χ0) is 18.0. The highest BCUT2D eigenvalue weighted by Crippen LogP contribution is 2.29. The third-order valence-corrected chi connectivity index (χ3v) is 3.83. The second-order valence-corrected chi connectivity index (χ2v) is 5.55. The van der Waals surface area contributed by atoms with Crippen molar-refractivity contribution in [1.29, 1.82) is 0 Å². The Labute approximate surface area is 142 Å². The van der Waals surface area contributed by atoms with Gasteiger partial charge >= 0.3 is 6.03 Å². The Balaban J connectivity index is 1.96. The Morgan fingerprint density at radius 1 is 1.08 bits per heavy atom. The summed E-state index contributed by atoms with van der Waals surface area (Å²) in [6.45, 7) is 1.56. The van der Waals surface area contributed by atoms with E-state index in [-0.39, 0.29) is 11.1 Å². The average Bonchev–Trinajstić information content (AvgIpc) is 2.56. The molecule has 1 atom stereocenters. The smallest absolute Gasteiger partial charge is 0.319 e. The van der Waals surface area contributed by atoms with Crippen molar-refractivity contribution >= 4 is 17.6 Å². The van der Waals surface area contributed by atoms with Crippen molar-refractivity contribution in [2.75, 3.05) is 5.32 Å². The topological polar surface area (TPSA) is 70.2 Å². The van der Waals surface area contributed by atoms with Gasteiger partial charge in [0, 0.05) is 16.9 Å². The summed E-state index contributed by atoms with van der Waals surface area (Å²) in [6, 6.07) is 9.70. The van der Waals surface area contributed by atoms with Crippen molar-refractivity contribution in [1.82, 2.24) is 10.6 Å². The standard InChI is InChI=1S/C18H15F2N3O2/c1-10-15(17(24)22-12-8-6-11(19)7-9-12)16(23-18(25)21-10)13-4-2-3-5-14(13)20/h2-9,16H,1H3,(H,22,24)(H2,21,23,25)/t16-/m0/s1. The van der Waals surface area contributed by atoms with E-state index in [1.165, 1.54) is 42.5 Å². The van der Waals surface area contributed by atoms with Gasteiger partial charge in [-0.1, -0.05) is 18.2 Å². The van der Waals surface area contributed by atoms with Gasteiger partial charge in [-0.15, -0.1) is 0 Å². The number of hydrogen-bond donors (Lipinski definition) is 3. The fourth-order valence-electron chi connectivity index (χ4n) is 2.67. The van der Waals surface area contributed by atoms with E-state index in [0.717, 1.165) is 0 Å². The molecule has 25 heavy (non-hydrogen) atoms. The summed E-state index contributed by atoms with van der Waals surface area (Å²) in [6.07, 6.45) is 0. The molecule has 0 spiro atoms. The molecule has 0 saturated heterocycles. The molecule has 0 fully saturated rings. The number of anilines is 1. The molecule has 1 aliphatic heterocycles. The summed E-state index contributed by atoms with van der Waals surface area (Å²) in [5.41, 5.74) is 1.06. The maximum atomic E-state index is 14.2. The highest BCUT2D eigenvalue weighted by molar-refractivity contribution is 6.06. The second kappa shape index (κ2) is 6.72. The molecule has 1 heterocycles. The molecule has 1 aliphatic rings. The van der Waals surface area contributed by atoms with Crippen molar-refractivity contribution in [3.63, 3.8) is 0 Å². The van der Waals surface area contributed by atoms with E-state index in [4.69, 9.17) is 0 Å². The minimum atomic E-state index is -0.935. The first-order chi connectivity index (χ1) is 12.0. The summed E-state index contributed by atoms with van der Waals surface area (Å²) in [5, 5.41) is 7.70. The van der Waals surface area contributed by atoms with Crippen molar-refractivity contribution in [3.05, 3.63) is 77.0 Å². The zero-order valence-electron chi connectivity index (χ0n) is 13.3. The summed E-state index contributed by atoms with van der Waals surface area (Å²) in [5.74, 6) is -1.48. The molecule has 0 unspecified atom stereocenters. The average molecular weight is 343 g/mol.